The Morgan fingerprint density at radius 3 is 1.81 bits per heavy atom. The Kier molecular flexibility index (Phi) is 22.3. The van der Waals surface area contributed by atoms with E-state index in [0.29, 0.717) is 30.4 Å². The van der Waals surface area contributed by atoms with E-state index in [0.717, 1.165) is 25.8 Å². The van der Waals surface area contributed by atoms with Crippen molar-refractivity contribution in [3.05, 3.63) is 90.3 Å². The average Bonchev–Trinajstić information content (AvgIpc) is 3.94. The molecule has 2 fully saturated rings. The molecular weight excluding hydrogens is 1010 g/mol. The number of carbonyl (C=O) groups is 9. The van der Waals surface area contributed by atoms with E-state index >= 15 is 9.59 Å². The highest BCUT2D eigenvalue weighted by molar-refractivity contribution is 5.98. The number of fused-ring (bicyclic) bond motifs is 1. The monoisotopic (exact) mass is 1090 g/mol. The van der Waals surface area contributed by atoms with Crippen LogP contribution in [0.15, 0.2) is 79.1 Å². The summed E-state index contributed by atoms with van der Waals surface area (Å²) in [7, 11) is 5.50. The summed E-state index contributed by atoms with van der Waals surface area (Å²) < 4.78 is 5.94. The highest BCUT2D eigenvalue weighted by Crippen LogP contribution is 2.27. The van der Waals surface area contributed by atoms with E-state index in [9.17, 15) is 38.7 Å². The Hall–Kier alpha value is -7.22. The van der Waals surface area contributed by atoms with E-state index in [1.165, 1.54) is 51.8 Å². The number of carbonyl (C=O) groups excluding carboxylic acids is 9. The third-order valence-electron chi connectivity index (χ3n) is 15.1. The van der Waals surface area contributed by atoms with Crippen molar-refractivity contribution < 1.29 is 53.0 Å². The Balaban J connectivity index is 1.62. The van der Waals surface area contributed by atoms with Gasteiger partial charge in [0.25, 0.3) is 5.91 Å². The van der Waals surface area contributed by atoms with Gasteiger partial charge in [-0.3, -0.25) is 43.3 Å². The molecule has 2 aliphatic heterocycles. The fourth-order valence-corrected chi connectivity index (χ4v) is 10.2. The van der Waals surface area contributed by atoms with Gasteiger partial charge < -0.3 is 50.3 Å². The van der Waals surface area contributed by atoms with Crippen LogP contribution in [0.3, 0.4) is 0 Å². The van der Waals surface area contributed by atoms with Gasteiger partial charge in [-0.25, -0.2) is 4.79 Å². The second-order valence-electron chi connectivity index (χ2n) is 22.4. The summed E-state index contributed by atoms with van der Waals surface area (Å²) in [6, 6.07) is 12.5. The molecule has 79 heavy (non-hydrogen) atoms. The molecule has 0 aliphatic carbocycles. The van der Waals surface area contributed by atoms with Gasteiger partial charge in [-0.05, 0) is 79.7 Å². The van der Waals surface area contributed by atoms with Crippen molar-refractivity contribution >= 4 is 53.2 Å². The zero-order chi connectivity index (χ0) is 58.5. The number of esters is 1. The Labute approximate surface area is 465 Å². The molecule has 8 amide bonds. The number of aromatic nitrogens is 1. The SMILES string of the molecule is CCC(C)[C@@H]1NC(=O)[C@@H]2CCCN2C(=O)C(Cc2ccc(-c3cccnc3)cc2)N(C)C(=O)C(Cc2ccccc2)NC(=O)CN(C)C(=O)C([C@H](C)CC)OC(=O)[C@H](C(C)(C)O)N(C)C(=O)C(CC(C)C)NC(=O)CN(C)C1=O. The lowest BCUT2D eigenvalue weighted by molar-refractivity contribution is -0.176. The number of cyclic esters (lactones) is 1. The molecule has 430 valence electrons. The van der Waals surface area contributed by atoms with Crippen LogP contribution in [0.5, 0.6) is 0 Å². The number of likely N-dealkylation sites (N-methyl/N-ethyl adjacent to an activating group) is 4. The molecule has 5 unspecified atom stereocenters. The Morgan fingerprint density at radius 2 is 1.24 bits per heavy atom. The molecule has 2 saturated heterocycles. The summed E-state index contributed by atoms with van der Waals surface area (Å²) in [5, 5.41) is 20.0. The topological polar surface area (TPSA) is 248 Å². The van der Waals surface area contributed by atoms with Crippen molar-refractivity contribution in [2.45, 2.75) is 148 Å². The van der Waals surface area contributed by atoms with E-state index in [1.807, 2.05) is 57.2 Å². The lowest BCUT2D eigenvalue weighted by Crippen LogP contribution is -2.61. The van der Waals surface area contributed by atoms with E-state index in [1.54, 1.807) is 63.5 Å². The molecule has 0 saturated carbocycles. The first kappa shape index (κ1) is 62.6. The van der Waals surface area contributed by atoms with Crippen molar-refractivity contribution in [3.63, 3.8) is 0 Å². The summed E-state index contributed by atoms with van der Waals surface area (Å²) >= 11 is 0. The van der Waals surface area contributed by atoms with Crippen LogP contribution in [0.1, 0.15) is 98.6 Å². The summed E-state index contributed by atoms with van der Waals surface area (Å²) in [5.74, 6) is -7.73. The summed E-state index contributed by atoms with van der Waals surface area (Å²) in [6.45, 7) is 12.4. The number of hydrogen-bond acceptors (Lipinski definition) is 12. The van der Waals surface area contributed by atoms with Crippen molar-refractivity contribution in [3.8, 4) is 11.1 Å². The van der Waals surface area contributed by atoms with Crippen molar-refractivity contribution in [1.29, 1.82) is 0 Å². The molecule has 4 N–H and O–H groups in total. The molecule has 1 aromatic heterocycles. The molecule has 0 spiro atoms. The van der Waals surface area contributed by atoms with Gasteiger partial charge in [0.1, 0.15) is 30.2 Å². The first-order valence-electron chi connectivity index (χ1n) is 27.5. The fourth-order valence-electron chi connectivity index (χ4n) is 10.2. The van der Waals surface area contributed by atoms with Crippen molar-refractivity contribution in [1.82, 2.24) is 45.4 Å². The number of nitrogens with one attached hydrogen (secondary N) is 3. The first-order valence-corrected chi connectivity index (χ1v) is 27.5. The molecule has 20 nitrogen and oxygen atoms in total. The van der Waals surface area contributed by atoms with Crippen LogP contribution in [0.4, 0.5) is 0 Å². The van der Waals surface area contributed by atoms with Gasteiger partial charge in [0.05, 0.1) is 18.7 Å². The minimum atomic E-state index is -1.95. The summed E-state index contributed by atoms with van der Waals surface area (Å²) in [5.41, 5.74) is 1.16. The normalized spacial score (nSPS) is 24.4. The molecule has 2 aliphatic rings. The van der Waals surface area contributed by atoms with Crippen LogP contribution in [0.2, 0.25) is 0 Å². The number of pyridine rings is 1. The second-order valence-corrected chi connectivity index (χ2v) is 22.4. The van der Waals surface area contributed by atoms with Crippen LogP contribution < -0.4 is 16.0 Å². The number of rotatable bonds is 12. The van der Waals surface area contributed by atoms with Crippen molar-refractivity contribution in [2.75, 3.05) is 47.8 Å². The lowest BCUT2D eigenvalue weighted by atomic mass is 9.95. The standard InChI is InChI=1S/C59H83N9O11/c1-13-37(5)49-56(75)64(9)34-47(69)61-43(30-36(3)4)54(73)67(12)51(59(7,8)78)58(77)79-50(38(6)14-2)57(76)65(10)35-48(70)62-44(31-39-20-16-15-17-21-39)53(72)66(11)46(55(74)68-29-19-23-45(68)52(71)63-49)32-40-24-26-41(27-25-40)42-22-18-28-60-33-42/h15-18,20-22,24-28,33,36-38,43-46,49-51,78H,13-14,19,23,29-32,34-35H2,1-12H3,(H,61,69)(H,62,70)(H,63,71)/t37?,38-,43?,44?,45+,46?,49+,50?,51-/m1/s1. The number of aliphatic hydroxyl groups is 1. The maximum Gasteiger partial charge on any atom is 0.332 e. The quantitative estimate of drug-likeness (QED) is 0.191. The van der Waals surface area contributed by atoms with E-state index < -0.39 is 126 Å². The van der Waals surface area contributed by atoms with Crippen LogP contribution in [0, 0.1) is 17.8 Å². The van der Waals surface area contributed by atoms with Crippen LogP contribution >= 0.6 is 0 Å². The van der Waals surface area contributed by atoms with Crippen LogP contribution in [0.25, 0.3) is 11.1 Å². The van der Waals surface area contributed by atoms with E-state index in [2.05, 4.69) is 20.9 Å². The molecule has 3 heterocycles. The van der Waals surface area contributed by atoms with Gasteiger partial charge in [-0.15, -0.1) is 0 Å². The van der Waals surface area contributed by atoms with E-state index in [4.69, 9.17) is 4.74 Å². The van der Waals surface area contributed by atoms with Gasteiger partial charge in [0.2, 0.25) is 41.4 Å². The highest BCUT2D eigenvalue weighted by Gasteiger charge is 2.46. The third kappa shape index (κ3) is 16.4. The number of nitrogens with zero attached hydrogens (tertiary/aromatic N) is 6. The zero-order valence-corrected chi connectivity index (χ0v) is 48.1. The first-order chi connectivity index (χ1) is 37.3. The van der Waals surface area contributed by atoms with Gasteiger partial charge in [0.15, 0.2) is 12.1 Å². The molecule has 0 bridgehead atoms. The van der Waals surface area contributed by atoms with E-state index in [-0.39, 0.29) is 38.1 Å². The average molecular weight is 1090 g/mol. The maximum atomic E-state index is 15.3. The Bertz CT molecular complexity index is 2610. The molecule has 0 radical (unpaired) electrons. The lowest BCUT2D eigenvalue weighted by Gasteiger charge is -2.38. The predicted octanol–water partition coefficient (Wildman–Crippen LogP) is 3.38. The smallest absolute Gasteiger partial charge is 0.332 e. The minimum Gasteiger partial charge on any atom is -0.450 e. The molecule has 20 heteroatoms. The molecule has 3 aromatic rings. The van der Waals surface area contributed by atoms with Crippen LogP contribution in [-0.4, -0.2) is 184 Å². The minimum absolute atomic E-state index is 0.00672. The summed E-state index contributed by atoms with van der Waals surface area (Å²) in [4.78, 5) is 141. The Morgan fingerprint density at radius 1 is 0.658 bits per heavy atom. The highest BCUT2D eigenvalue weighted by atomic mass is 16.6. The molecule has 9 atom stereocenters. The summed E-state index contributed by atoms with van der Waals surface area (Å²) in [6.07, 6.45) is 3.46. The van der Waals surface area contributed by atoms with Gasteiger partial charge in [0, 0.05) is 65.9 Å². The third-order valence-corrected chi connectivity index (χ3v) is 15.1. The number of benzene rings is 2. The van der Waals surface area contributed by atoms with Crippen LogP contribution in [-0.2, 0) is 60.7 Å². The zero-order valence-electron chi connectivity index (χ0n) is 48.1. The number of hydrogen-bond donors (Lipinski definition) is 4. The predicted molar refractivity (Wildman–Crippen MR) is 297 cm³/mol. The largest absolute Gasteiger partial charge is 0.450 e. The maximum absolute atomic E-state index is 15.3. The fraction of sp³-hybridized carbons (Fsp3) is 0.559. The van der Waals surface area contributed by atoms with Gasteiger partial charge in [-0.2, -0.15) is 0 Å². The van der Waals surface area contributed by atoms with Gasteiger partial charge in [-0.1, -0.05) is 109 Å². The molecular formula is C59H83N9O11. The molecule has 5 rings (SSSR count). The molecule has 2 aromatic carbocycles. The number of ether oxygens (including phenoxy) is 1. The van der Waals surface area contributed by atoms with Crippen molar-refractivity contribution in [2.24, 2.45) is 17.8 Å². The number of amides is 8. The second kappa shape index (κ2) is 28.1. The van der Waals surface area contributed by atoms with Gasteiger partial charge >= 0.3 is 5.97 Å².